The molecule has 3 rings (SSSR count). The summed E-state index contributed by atoms with van der Waals surface area (Å²) in [5.74, 6) is 0.261. The van der Waals surface area contributed by atoms with Gasteiger partial charge in [0.05, 0.1) is 5.56 Å². The molecule has 0 aliphatic carbocycles. The quantitative estimate of drug-likeness (QED) is 0.466. The number of halogens is 1. The van der Waals surface area contributed by atoms with Gasteiger partial charge in [-0.3, -0.25) is 9.48 Å². The Hall–Kier alpha value is -2.10. The number of anilines is 1. The molecular formula is C25H38ClN5O3S. The minimum Gasteiger partial charge on any atom is -0.369 e. The Morgan fingerprint density at radius 1 is 1.09 bits per heavy atom. The molecule has 8 nitrogen and oxygen atoms in total. The van der Waals surface area contributed by atoms with E-state index in [0.717, 1.165) is 12.1 Å². The van der Waals surface area contributed by atoms with Crippen molar-refractivity contribution in [3.05, 3.63) is 41.0 Å². The molecule has 10 heteroatoms. The summed E-state index contributed by atoms with van der Waals surface area (Å²) in [6.45, 7) is 13.6. The highest BCUT2D eigenvalue weighted by Gasteiger charge is 2.36. The van der Waals surface area contributed by atoms with Crippen LogP contribution in [0.15, 0.2) is 35.5 Å². The molecule has 0 bridgehead atoms. The zero-order valence-corrected chi connectivity index (χ0v) is 23.0. The van der Waals surface area contributed by atoms with Crippen LogP contribution >= 0.6 is 11.6 Å². The highest BCUT2D eigenvalue weighted by atomic mass is 35.5. The molecule has 194 valence electrons. The van der Waals surface area contributed by atoms with Gasteiger partial charge >= 0.3 is 0 Å². The summed E-state index contributed by atoms with van der Waals surface area (Å²) in [7, 11) is -3.94. The average Bonchev–Trinajstić information content (AvgIpc) is 3.23. The number of hydrogen-bond acceptors (Lipinski definition) is 5. The fraction of sp³-hybridized carbons (Fsp3) is 0.600. The Bertz CT molecular complexity index is 1100. The summed E-state index contributed by atoms with van der Waals surface area (Å²) in [6.07, 6.45) is 2.39. The molecule has 0 atom stereocenters. The number of carbonyl (C=O) groups is 1. The zero-order chi connectivity index (χ0) is 25.8. The summed E-state index contributed by atoms with van der Waals surface area (Å²) in [5.41, 5.74) is 1.13. The molecule has 2 aromatic rings. The lowest BCUT2D eigenvalue weighted by Gasteiger charge is -2.35. The lowest BCUT2D eigenvalue weighted by molar-refractivity contribution is 0.0711. The smallest absolute Gasteiger partial charge is 0.263 e. The van der Waals surface area contributed by atoms with Crippen LogP contribution in [0.5, 0.6) is 0 Å². The lowest BCUT2D eigenvalue weighted by atomic mass is 10.1. The summed E-state index contributed by atoms with van der Waals surface area (Å²) in [6, 6.07) is 7.56. The van der Waals surface area contributed by atoms with Gasteiger partial charge in [-0.1, -0.05) is 52.3 Å². The molecule has 1 aromatic carbocycles. The second-order valence-corrected chi connectivity index (χ2v) is 12.3. The second-order valence-electron chi connectivity index (χ2n) is 9.98. The number of nitrogens with zero attached hydrogens (tertiary/aromatic N) is 5. The van der Waals surface area contributed by atoms with E-state index >= 15 is 0 Å². The minimum absolute atomic E-state index is 0.135. The Balaban J connectivity index is 1.88. The third-order valence-corrected chi connectivity index (χ3v) is 7.94. The van der Waals surface area contributed by atoms with Gasteiger partial charge in [-0.15, -0.1) is 0 Å². The van der Waals surface area contributed by atoms with E-state index in [4.69, 9.17) is 11.6 Å². The van der Waals surface area contributed by atoms with Gasteiger partial charge in [0.15, 0.2) is 0 Å². The number of aryl methyl sites for hydroxylation is 1. The predicted molar refractivity (Wildman–Crippen MR) is 141 cm³/mol. The number of aromatic nitrogens is 2. The van der Waals surface area contributed by atoms with Gasteiger partial charge in [0.25, 0.3) is 15.9 Å². The maximum absolute atomic E-state index is 13.7. The summed E-state index contributed by atoms with van der Waals surface area (Å²) in [5, 5.41) is 4.92. The van der Waals surface area contributed by atoms with Crippen LogP contribution in [0.4, 0.5) is 5.69 Å². The highest BCUT2D eigenvalue weighted by molar-refractivity contribution is 7.89. The lowest BCUT2D eigenvalue weighted by Crippen LogP contribution is -2.49. The minimum atomic E-state index is -3.94. The molecule has 0 unspecified atom stereocenters. The maximum Gasteiger partial charge on any atom is 0.263 e. The Morgan fingerprint density at radius 2 is 1.71 bits per heavy atom. The van der Waals surface area contributed by atoms with Gasteiger partial charge in [0.2, 0.25) is 5.03 Å². The van der Waals surface area contributed by atoms with Crippen LogP contribution in [0.3, 0.4) is 0 Å². The van der Waals surface area contributed by atoms with Crippen LogP contribution in [0.2, 0.25) is 5.02 Å². The molecule has 1 amide bonds. The number of rotatable bonds is 10. The Kier molecular flexibility index (Phi) is 9.23. The number of hydrogen-bond donors (Lipinski definition) is 0. The van der Waals surface area contributed by atoms with Crippen molar-refractivity contribution in [1.29, 1.82) is 0 Å². The van der Waals surface area contributed by atoms with Crippen molar-refractivity contribution >= 4 is 33.2 Å². The van der Waals surface area contributed by atoms with E-state index in [1.807, 2.05) is 31.2 Å². The third-order valence-electron chi connectivity index (χ3n) is 5.87. The fourth-order valence-electron chi connectivity index (χ4n) is 4.36. The van der Waals surface area contributed by atoms with Gasteiger partial charge in [-0.2, -0.15) is 9.40 Å². The first kappa shape index (κ1) is 27.5. The van der Waals surface area contributed by atoms with E-state index in [-0.39, 0.29) is 28.3 Å². The van der Waals surface area contributed by atoms with Crippen molar-refractivity contribution in [2.75, 3.05) is 44.2 Å². The summed E-state index contributed by atoms with van der Waals surface area (Å²) in [4.78, 5) is 17.5. The summed E-state index contributed by atoms with van der Waals surface area (Å²) < 4.78 is 30.5. The van der Waals surface area contributed by atoms with Crippen LogP contribution in [0.25, 0.3) is 0 Å². The molecule has 35 heavy (non-hydrogen) atoms. The summed E-state index contributed by atoms with van der Waals surface area (Å²) >= 11 is 6.13. The van der Waals surface area contributed by atoms with Crippen LogP contribution in [-0.4, -0.2) is 72.6 Å². The molecular weight excluding hydrogens is 486 g/mol. The van der Waals surface area contributed by atoms with E-state index in [1.165, 1.54) is 4.31 Å². The van der Waals surface area contributed by atoms with Crippen LogP contribution in [-0.2, 0) is 16.6 Å². The van der Waals surface area contributed by atoms with Crippen molar-refractivity contribution in [2.24, 2.45) is 11.8 Å². The molecule has 1 fully saturated rings. The molecule has 0 radical (unpaired) electrons. The standard InChI is InChI=1S/C25H38ClN5O3S/c1-6-10-30-18-23(25(32)29(16-19(2)3)17-20(4)5)24(27-30)35(33,34)31-13-11-28(12-14-31)22-9-7-8-21(26)15-22/h7-9,15,18-20H,6,10-14,16-17H2,1-5H3. The van der Waals surface area contributed by atoms with E-state index in [9.17, 15) is 13.2 Å². The molecule has 1 saturated heterocycles. The molecule has 0 saturated carbocycles. The molecule has 2 heterocycles. The van der Waals surface area contributed by atoms with Crippen molar-refractivity contribution in [3.8, 4) is 0 Å². The van der Waals surface area contributed by atoms with E-state index in [2.05, 4.69) is 37.7 Å². The number of carbonyl (C=O) groups excluding carboxylic acids is 1. The molecule has 1 aliphatic rings. The Morgan fingerprint density at radius 3 is 2.26 bits per heavy atom. The monoisotopic (exact) mass is 523 g/mol. The number of amides is 1. The molecule has 1 aromatic heterocycles. The van der Waals surface area contributed by atoms with E-state index in [0.29, 0.717) is 50.8 Å². The van der Waals surface area contributed by atoms with Gasteiger partial charge in [-0.05, 0) is 36.5 Å². The highest BCUT2D eigenvalue weighted by Crippen LogP contribution is 2.25. The van der Waals surface area contributed by atoms with E-state index < -0.39 is 10.0 Å². The second kappa shape index (κ2) is 11.8. The Labute approximate surface area is 214 Å². The molecule has 0 N–H and O–H groups in total. The number of benzene rings is 1. The number of sulfonamides is 1. The van der Waals surface area contributed by atoms with Gasteiger partial charge < -0.3 is 9.80 Å². The van der Waals surface area contributed by atoms with Gasteiger partial charge in [0, 0.05) is 62.7 Å². The third kappa shape index (κ3) is 6.77. The van der Waals surface area contributed by atoms with Crippen molar-refractivity contribution in [1.82, 2.24) is 19.0 Å². The SMILES string of the molecule is CCCn1cc(C(=O)N(CC(C)C)CC(C)C)c(S(=O)(=O)N2CCN(c3cccc(Cl)c3)CC2)n1. The zero-order valence-electron chi connectivity index (χ0n) is 21.4. The average molecular weight is 524 g/mol. The topological polar surface area (TPSA) is 78.8 Å². The largest absolute Gasteiger partial charge is 0.369 e. The van der Waals surface area contributed by atoms with E-state index in [1.54, 1.807) is 15.8 Å². The molecule has 1 aliphatic heterocycles. The first-order valence-corrected chi connectivity index (χ1v) is 14.2. The van der Waals surface area contributed by atoms with Crippen LogP contribution < -0.4 is 4.90 Å². The maximum atomic E-state index is 13.7. The number of piperazine rings is 1. The van der Waals surface area contributed by atoms with Gasteiger partial charge in [-0.25, -0.2) is 8.42 Å². The fourth-order valence-corrected chi connectivity index (χ4v) is 6.06. The van der Waals surface area contributed by atoms with Crippen molar-refractivity contribution in [3.63, 3.8) is 0 Å². The first-order valence-electron chi connectivity index (χ1n) is 12.4. The van der Waals surface area contributed by atoms with Crippen LogP contribution in [0.1, 0.15) is 51.4 Å². The van der Waals surface area contributed by atoms with Crippen molar-refractivity contribution in [2.45, 2.75) is 52.6 Å². The predicted octanol–water partition coefficient (Wildman–Crippen LogP) is 4.21. The van der Waals surface area contributed by atoms with Crippen LogP contribution in [0, 0.1) is 11.8 Å². The van der Waals surface area contributed by atoms with Crippen molar-refractivity contribution < 1.29 is 13.2 Å². The molecule has 0 spiro atoms. The first-order chi connectivity index (χ1) is 16.5. The van der Waals surface area contributed by atoms with Gasteiger partial charge in [0.1, 0.15) is 0 Å². The normalized spacial score (nSPS) is 15.3.